The van der Waals surface area contributed by atoms with Gasteiger partial charge in [0.2, 0.25) is 5.91 Å². The van der Waals surface area contributed by atoms with Crippen LogP contribution in [-0.2, 0) is 11.2 Å². The molecule has 1 aromatic rings. The van der Waals surface area contributed by atoms with Crippen molar-refractivity contribution >= 4 is 11.9 Å². The van der Waals surface area contributed by atoms with Gasteiger partial charge in [-0.15, -0.1) is 5.10 Å². The standard InChI is InChI=1S/C12H20N4O3/c1-5-9-10(12(18)19)14-15-16(9)8(4)11(17)13-6-7(2)3/h7-8H,5-6H2,1-4H3,(H,13,17)(H,18,19). The quantitative estimate of drug-likeness (QED) is 0.798. The fourth-order valence-corrected chi connectivity index (χ4v) is 1.68. The predicted molar refractivity (Wildman–Crippen MR) is 68.9 cm³/mol. The number of aromatic nitrogens is 3. The molecule has 1 atom stereocenters. The molecule has 0 radical (unpaired) electrons. The van der Waals surface area contributed by atoms with Gasteiger partial charge in [0, 0.05) is 6.54 Å². The number of aromatic carboxylic acids is 1. The Hall–Kier alpha value is -1.92. The van der Waals surface area contributed by atoms with Crippen LogP contribution < -0.4 is 5.32 Å². The molecule has 0 fully saturated rings. The van der Waals surface area contributed by atoms with Gasteiger partial charge in [-0.25, -0.2) is 9.48 Å². The van der Waals surface area contributed by atoms with Gasteiger partial charge in [0.1, 0.15) is 6.04 Å². The monoisotopic (exact) mass is 268 g/mol. The molecular weight excluding hydrogens is 248 g/mol. The fraction of sp³-hybridized carbons (Fsp3) is 0.667. The van der Waals surface area contributed by atoms with Crippen molar-refractivity contribution < 1.29 is 14.7 Å². The lowest BCUT2D eigenvalue weighted by atomic mass is 10.2. The summed E-state index contributed by atoms with van der Waals surface area (Å²) < 4.78 is 1.37. The van der Waals surface area contributed by atoms with Gasteiger partial charge in [-0.3, -0.25) is 4.79 Å². The van der Waals surface area contributed by atoms with E-state index in [4.69, 9.17) is 5.11 Å². The molecule has 19 heavy (non-hydrogen) atoms. The Balaban J connectivity index is 2.90. The average Bonchev–Trinajstić information content (AvgIpc) is 2.78. The summed E-state index contributed by atoms with van der Waals surface area (Å²) in [5, 5.41) is 19.2. The molecule has 0 bridgehead atoms. The highest BCUT2D eigenvalue weighted by molar-refractivity contribution is 5.87. The minimum absolute atomic E-state index is 0.0917. The van der Waals surface area contributed by atoms with E-state index < -0.39 is 12.0 Å². The van der Waals surface area contributed by atoms with Gasteiger partial charge in [0.15, 0.2) is 5.69 Å². The van der Waals surface area contributed by atoms with E-state index in [1.54, 1.807) is 13.8 Å². The van der Waals surface area contributed by atoms with E-state index in [9.17, 15) is 9.59 Å². The minimum Gasteiger partial charge on any atom is -0.476 e. The fourth-order valence-electron chi connectivity index (χ4n) is 1.68. The zero-order valence-corrected chi connectivity index (χ0v) is 11.7. The molecule has 0 aliphatic carbocycles. The van der Waals surface area contributed by atoms with E-state index in [0.29, 0.717) is 24.6 Å². The topological polar surface area (TPSA) is 97.1 Å². The second-order valence-corrected chi connectivity index (χ2v) is 4.80. The first-order chi connectivity index (χ1) is 8.88. The molecule has 2 N–H and O–H groups in total. The van der Waals surface area contributed by atoms with Crippen LogP contribution in [0.4, 0.5) is 0 Å². The first-order valence-electron chi connectivity index (χ1n) is 6.33. The number of nitrogens with zero attached hydrogens (tertiary/aromatic N) is 3. The number of carboxylic acids is 1. The summed E-state index contributed by atoms with van der Waals surface area (Å²) in [6.45, 7) is 8.06. The highest BCUT2D eigenvalue weighted by Gasteiger charge is 2.24. The Labute approximate surface area is 112 Å². The van der Waals surface area contributed by atoms with Crippen LogP contribution in [0.15, 0.2) is 0 Å². The molecule has 1 rings (SSSR count). The molecule has 1 amide bonds. The van der Waals surface area contributed by atoms with Gasteiger partial charge in [-0.1, -0.05) is 26.0 Å². The molecule has 0 aliphatic rings. The van der Waals surface area contributed by atoms with Crippen LogP contribution in [-0.4, -0.2) is 38.5 Å². The van der Waals surface area contributed by atoms with E-state index in [0.717, 1.165) is 0 Å². The maximum atomic E-state index is 11.9. The van der Waals surface area contributed by atoms with Crippen molar-refractivity contribution in [1.82, 2.24) is 20.3 Å². The lowest BCUT2D eigenvalue weighted by molar-refractivity contribution is -0.124. The number of carbonyl (C=O) groups excluding carboxylic acids is 1. The number of amides is 1. The molecule has 7 heteroatoms. The smallest absolute Gasteiger partial charge is 0.358 e. The van der Waals surface area contributed by atoms with Crippen LogP contribution in [0.25, 0.3) is 0 Å². The van der Waals surface area contributed by atoms with Crippen LogP contribution in [0.3, 0.4) is 0 Å². The van der Waals surface area contributed by atoms with E-state index in [2.05, 4.69) is 15.6 Å². The highest BCUT2D eigenvalue weighted by Crippen LogP contribution is 2.13. The molecule has 106 valence electrons. The molecule has 7 nitrogen and oxygen atoms in total. The Kier molecular flexibility index (Phi) is 5.02. The summed E-state index contributed by atoms with van der Waals surface area (Å²) in [6, 6.07) is -0.575. The van der Waals surface area contributed by atoms with Crippen molar-refractivity contribution in [1.29, 1.82) is 0 Å². The Morgan fingerprint density at radius 3 is 2.47 bits per heavy atom. The molecule has 0 aliphatic heterocycles. The van der Waals surface area contributed by atoms with Gasteiger partial charge in [0.05, 0.1) is 5.69 Å². The van der Waals surface area contributed by atoms with Gasteiger partial charge in [0.25, 0.3) is 0 Å². The van der Waals surface area contributed by atoms with Crippen molar-refractivity contribution in [3.8, 4) is 0 Å². The molecule has 0 saturated heterocycles. The number of carboxylic acid groups (broad SMARTS) is 1. The van der Waals surface area contributed by atoms with Crippen LogP contribution in [0.1, 0.15) is 49.9 Å². The summed E-state index contributed by atoms with van der Waals surface area (Å²) in [5.74, 6) is -0.963. The zero-order valence-electron chi connectivity index (χ0n) is 11.7. The third kappa shape index (κ3) is 3.52. The summed E-state index contributed by atoms with van der Waals surface area (Å²) >= 11 is 0. The molecule has 0 saturated carbocycles. The lowest BCUT2D eigenvalue weighted by Crippen LogP contribution is -2.34. The first kappa shape index (κ1) is 15.1. The van der Waals surface area contributed by atoms with Crippen LogP contribution in [0.5, 0.6) is 0 Å². The minimum atomic E-state index is -1.13. The van der Waals surface area contributed by atoms with E-state index in [-0.39, 0.29) is 11.6 Å². The van der Waals surface area contributed by atoms with Crippen molar-refractivity contribution in [3.63, 3.8) is 0 Å². The van der Waals surface area contributed by atoms with Gasteiger partial charge in [-0.05, 0) is 19.3 Å². The van der Waals surface area contributed by atoms with Crippen molar-refractivity contribution in [2.45, 2.75) is 40.2 Å². The number of carbonyl (C=O) groups is 2. The van der Waals surface area contributed by atoms with Gasteiger partial charge >= 0.3 is 5.97 Å². The van der Waals surface area contributed by atoms with Crippen molar-refractivity contribution in [3.05, 3.63) is 11.4 Å². The van der Waals surface area contributed by atoms with Crippen LogP contribution in [0.2, 0.25) is 0 Å². The Morgan fingerprint density at radius 1 is 1.37 bits per heavy atom. The SMILES string of the molecule is CCc1c(C(=O)O)nnn1C(C)C(=O)NCC(C)C. The third-order valence-electron chi connectivity index (χ3n) is 2.76. The molecule has 0 spiro atoms. The summed E-state index contributed by atoms with van der Waals surface area (Å²) in [7, 11) is 0. The molecular formula is C12H20N4O3. The normalized spacial score (nSPS) is 12.5. The molecule has 1 aromatic heterocycles. The summed E-state index contributed by atoms with van der Waals surface area (Å²) in [5.41, 5.74) is 0.366. The Bertz CT molecular complexity index is 468. The maximum absolute atomic E-state index is 11.9. The van der Waals surface area contributed by atoms with Crippen molar-refractivity contribution in [2.24, 2.45) is 5.92 Å². The summed E-state index contributed by atoms with van der Waals surface area (Å²) in [6.07, 6.45) is 0.455. The van der Waals surface area contributed by atoms with E-state index in [1.807, 2.05) is 13.8 Å². The number of rotatable bonds is 6. The third-order valence-corrected chi connectivity index (χ3v) is 2.76. The second kappa shape index (κ2) is 6.31. The summed E-state index contributed by atoms with van der Waals surface area (Å²) in [4.78, 5) is 22.9. The maximum Gasteiger partial charge on any atom is 0.358 e. The number of hydrogen-bond donors (Lipinski definition) is 2. The average molecular weight is 268 g/mol. The predicted octanol–water partition coefficient (Wildman–Crippen LogP) is 0.872. The van der Waals surface area contributed by atoms with E-state index >= 15 is 0 Å². The molecule has 1 unspecified atom stereocenters. The zero-order chi connectivity index (χ0) is 14.6. The van der Waals surface area contributed by atoms with Gasteiger partial charge in [-0.2, -0.15) is 0 Å². The molecule has 0 aromatic carbocycles. The van der Waals surface area contributed by atoms with E-state index in [1.165, 1.54) is 4.68 Å². The number of nitrogens with one attached hydrogen (secondary N) is 1. The lowest BCUT2D eigenvalue weighted by Gasteiger charge is -2.15. The second-order valence-electron chi connectivity index (χ2n) is 4.80. The van der Waals surface area contributed by atoms with Gasteiger partial charge < -0.3 is 10.4 Å². The van der Waals surface area contributed by atoms with Crippen LogP contribution >= 0.6 is 0 Å². The molecule has 1 heterocycles. The first-order valence-corrected chi connectivity index (χ1v) is 6.33. The largest absolute Gasteiger partial charge is 0.476 e. The number of hydrogen-bond acceptors (Lipinski definition) is 4. The van der Waals surface area contributed by atoms with Crippen molar-refractivity contribution in [2.75, 3.05) is 6.54 Å². The highest BCUT2D eigenvalue weighted by atomic mass is 16.4. The Morgan fingerprint density at radius 2 is 2.00 bits per heavy atom. The van der Waals surface area contributed by atoms with Crippen LogP contribution in [0, 0.1) is 5.92 Å².